The summed E-state index contributed by atoms with van der Waals surface area (Å²) in [7, 11) is 1.68. The van der Waals surface area contributed by atoms with Gasteiger partial charge in [-0.1, -0.05) is 12.1 Å². The molecule has 3 aromatic rings. The average Bonchev–Trinajstić information content (AvgIpc) is 2.96. The Morgan fingerprint density at radius 1 is 1.29 bits per heavy atom. The molecule has 1 aliphatic rings. The molecule has 6 nitrogen and oxygen atoms in total. The lowest BCUT2D eigenvalue weighted by molar-refractivity contribution is 0.419. The minimum atomic E-state index is 0.328. The fraction of sp³-hybridized carbons (Fsp3) is 0.389. The number of nitrogens with one attached hydrogen (secondary N) is 1. The van der Waals surface area contributed by atoms with E-state index in [2.05, 4.69) is 33.4 Å². The Morgan fingerprint density at radius 2 is 2.17 bits per heavy atom. The standard InChI is InChI=1S/C18H21N5O/c1-11-9-19-18-14(5-4-6-15(18)24-3)17(11)21-13-7-8-16-20-12(2)22-23(16)10-13/h4-6,9,13H,7-8,10H2,1-3H3,(H,19,21). The fourth-order valence-electron chi connectivity index (χ4n) is 3.41. The number of rotatable bonds is 3. The smallest absolute Gasteiger partial charge is 0.147 e. The van der Waals surface area contributed by atoms with Gasteiger partial charge in [0.25, 0.3) is 0 Å². The van der Waals surface area contributed by atoms with Crippen LogP contribution in [0.4, 0.5) is 5.69 Å². The number of aryl methyl sites for hydroxylation is 3. The molecule has 0 bridgehead atoms. The van der Waals surface area contributed by atoms with Gasteiger partial charge in [-0.3, -0.25) is 4.98 Å². The highest BCUT2D eigenvalue weighted by molar-refractivity contribution is 5.96. The van der Waals surface area contributed by atoms with Crippen molar-refractivity contribution in [2.75, 3.05) is 12.4 Å². The molecule has 1 aromatic carbocycles. The largest absolute Gasteiger partial charge is 0.494 e. The van der Waals surface area contributed by atoms with Gasteiger partial charge in [-0.2, -0.15) is 5.10 Å². The Morgan fingerprint density at radius 3 is 3.00 bits per heavy atom. The summed E-state index contributed by atoms with van der Waals surface area (Å²) in [5.41, 5.74) is 3.15. The lowest BCUT2D eigenvalue weighted by atomic mass is 10.0. The average molecular weight is 323 g/mol. The molecule has 1 aliphatic heterocycles. The van der Waals surface area contributed by atoms with Gasteiger partial charge in [0, 0.05) is 29.7 Å². The third-order valence-electron chi connectivity index (χ3n) is 4.58. The first-order chi connectivity index (χ1) is 11.7. The van der Waals surface area contributed by atoms with E-state index in [-0.39, 0.29) is 0 Å². The van der Waals surface area contributed by atoms with Crippen LogP contribution < -0.4 is 10.1 Å². The number of methoxy groups -OCH3 is 1. The zero-order chi connectivity index (χ0) is 16.7. The van der Waals surface area contributed by atoms with E-state index in [1.165, 1.54) is 0 Å². The van der Waals surface area contributed by atoms with Gasteiger partial charge in [0.15, 0.2) is 0 Å². The van der Waals surface area contributed by atoms with Crippen LogP contribution in [0.2, 0.25) is 0 Å². The first-order valence-electron chi connectivity index (χ1n) is 8.25. The molecule has 4 rings (SSSR count). The molecule has 1 atom stereocenters. The zero-order valence-electron chi connectivity index (χ0n) is 14.2. The fourth-order valence-corrected chi connectivity index (χ4v) is 3.41. The van der Waals surface area contributed by atoms with Crippen LogP contribution in [0.5, 0.6) is 5.75 Å². The Balaban J connectivity index is 1.69. The lowest BCUT2D eigenvalue weighted by Crippen LogP contribution is -2.32. The molecule has 1 N–H and O–H groups in total. The van der Waals surface area contributed by atoms with Gasteiger partial charge in [-0.25, -0.2) is 9.67 Å². The van der Waals surface area contributed by atoms with Gasteiger partial charge in [0.05, 0.1) is 13.7 Å². The molecule has 0 saturated heterocycles. The Labute approximate surface area is 140 Å². The summed E-state index contributed by atoms with van der Waals surface area (Å²) < 4.78 is 7.47. The predicted molar refractivity (Wildman–Crippen MR) is 93.5 cm³/mol. The van der Waals surface area contributed by atoms with Crippen LogP contribution in [0.3, 0.4) is 0 Å². The van der Waals surface area contributed by atoms with Crippen LogP contribution in [0, 0.1) is 13.8 Å². The highest BCUT2D eigenvalue weighted by atomic mass is 16.5. The Kier molecular flexibility index (Phi) is 3.59. The Hall–Kier alpha value is -2.63. The van der Waals surface area contributed by atoms with Gasteiger partial charge in [0.2, 0.25) is 0 Å². The molecule has 24 heavy (non-hydrogen) atoms. The van der Waals surface area contributed by atoms with Crippen LogP contribution in [0.25, 0.3) is 10.9 Å². The maximum absolute atomic E-state index is 5.45. The quantitative estimate of drug-likeness (QED) is 0.803. The number of hydrogen-bond acceptors (Lipinski definition) is 5. The van der Waals surface area contributed by atoms with Crippen LogP contribution in [0.15, 0.2) is 24.4 Å². The predicted octanol–water partition coefficient (Wildman–Crippen LogP) is 2.88. The highest BCUT2D eigenvalue weighted by Gasteiger charge is 2.22. The van der Waals surface area contributed by atoms with Gasteiger partial charge in [0.1, 0.15) is 22.9 Å². The van der Waals surface area contributed by atoms with Crippen molar-refractivity contribution in [1.29, 1.82) is 0 Å². The molecule has 0 radical (unpaired) electrons. The minimum absolute atomic E-state index is 0.328. The van der Waals surface area contributed by atoms with Crippen LogP contribution in [0.1, 0.15) is 23.6 Å². The SMILES string of the molecule is COc1cccc2c(NC3CCc4nc(C)nn4C3)c(C)cnc12. The number of fused-ring (bicyclic) bond motifs is 2. The van der Waals surface area contributed by atoms with E-state index < -0.39 is 0 Å². The number of para-hydroxylation sites is 1. The van der Waals surface area contributed by atoms with E-state index >= 15 is 0 Å². The van der Waals surface area contributed by atoms with Crippen LogP contribution in [-0.4, -0.2) is 32.9 Å². The lowest BCUT2D eigenvalue weighted by Gasteiger charge is -2.26. The summed E-state index contributed by atoms with van der Waals surface area (Å²) in [6, 6.07) is 6.37. The third kappa shape index (κ3) is 2.48. The molecule has 1 unspecified atom stereocenters. The molecule has 3 heterocycles. The van der Waals surface area contributed by atoms with Crippen molar-refractivity contribution in [3.63, 3.8) is 0 Å². The van der Waals surface area contributed by atoms with E-state index in [0.717, 1.165) is 58.9 Å². The number of anilines is 1. The topological polar surface area (TPSA) is 64.9 Å². The second-order valence-electron chi connectivity index (χ2n) is 6.31. The summed E-state index contributed by atoms with van der Waals surface area (Å²) in [4.78, 5) is 9.03. The summed E-state index contributed by atoms with van der Waals surface area (Å²) in [5.74, 6) is 2.73. The maximum atomic E-state index is 5.45. The summed E-state index contributed by atoms with van der Waals surface area (Å²) in [6.07, 6.45) is 3.90. The highest BCUT2D eigenvalue weighted by Crippen LogP contribution is 2.32. The number of benzene rings is 1. The molecule has 0 amide bonds. The van der Waals surface area contributed by atoms with Crippen molar-refractivity contribution in [2.45, 2.75) is 39.3 Å². The van der Waals surface area contributed by atoms with Gasteiger partial charge >= 0.3 is 0 Å². The molecule has 6 heteroatoms. The van der Waals surface area contributed by atoms with Crippen LogP contribution in [-0.2, 0) is 13.0 Å². The summed E-state index contributed by atoms with van der Waals surface area (Å²) >= 11 is 0. The molecular weight excluding hydrogens is 302 g/mol. The van der Waals surface area contributed by atoms with Crippen molar-refractivity contribution in [3.8, 4) is 5.75 Å². The van der Waals surface area contributed by atoms with Crippen molar-refractivity contribution in [3.05, 3.63) is 41.6 Å². The van der Waals surface area contributed by atoms with Crippen molar-refractivity contribution >= 4 is 16.6 Å². The normalized spacial score (nSPS) is 16.9. The maximum Gasteiger partial charge on any atom is 0.147 e. The van der Waals surface area contributed by atoms with E-state index in [0.29, 0.717) is 6.04 Å². The van der Waals surface area contributed by atoms with Gasteiger partial charge in [-0.05, 0) is 31.9 Å². The van der Waals surface area contributed by atoms with E-state index in [1.807, 2.05) is 29.9 Å². The molecule has 0 saturated carbocycles. The zero-order valence-corrected chi connectivity index (χ0v) is 14.2. The molecule has 0 spiro atoms. The van der Waals surface area contributed by atoms with E-state index in [9.17, 15) is 0 Å². The molecule has 2 aromatic heterocycles. The number of nitrogens with zero attached hydrogens (tertiary/aromatic N) is 4. The molecular formula is C18H21N5O. The minimum Gasteiger partial charge on any atom is -0.494 e. The molecule has 0 fully saturated rings. The van der Waals surface area contributed by atoms with Gasteiger partial charge < -0.3 is 10.1 Å². The van der Waals surface area contributed by atoms with Crippen LogP contribution >= 0.6 is 0 Å². The monoisotopic (exact) mass is 323 g/mol. The van der Waals surface area contributed by atoms with Crippen molar-refractivity contribution < 1.29 is 4.74 Å². The molecule has 0 aliphatic carbocycles. The number of aromatic nitrogens is 4. The third-order valence-corrected chi connectivity index (χ3v) is 4.58. The summed E-state index contributed by atoms with van der Waals surface area (Å²) in [6.45, 7) is 4.87. The Bertz CT molecular complexity index is 902. The van der Waals surface area contributed by atoms with E-state index in [1.54, 1.807) is 7.11 Å². The first-order valence-corrected chi connectivity index (χ1v) is 8.25. The first kappa shape index (κ1) is 14.9. The second kappa shape index (κ2) is 5.78. The van der Waals surface area contributed by atoms with Gasteiger partial charge in [-0.15, -0.1) is 0 Å². The van der Waals surface area contributed by atoms with E-state index in [4.69, 9.17) is 4.74 Å². The number of pyridine rings is 1. The summed E-state index contributed by atoms with van der Waals surface area (Å²) in [5, 5.41) is 9.29. The van der Waals surface area contributed by atoms with Crippen molar-refractivity contribution in [1.82, 2.24) is 19.7 Å². The van der Waals surface area contributed by atoms with Crippen molar-refractivity contribution in [2.24, 2.45) is 0 Å². The second-order valence-corrected chi connectivity index (χ2v) is 6.31. The number of hydrogen-bond donors (Lipinski definition) is 1. The molecule has 124 valence electrons. The number of ether oxygens (including phenoxy) is 1.